The van der Waals surface area contributed by atoms with Crippen LogP contribution < -0.4 is 0 Å². The molecule has 160 valence electrons. The highest BCUT2D eigenvalue weighted by molar-refractivity contribution is 7.89. The minimum absolute atomic E-state index is 0.0771. The van der Waals surface area contributed by atoms with Gasteiger partial charge < -0.3 is 4.42 Å². The first-order valence-corrected chi connectivity index (χ1v) is 12.4. The monoisotopic (exact) mass is 454 g/mol. The topological polar surface area (TPSA) is 79.5 Å². The van der Waals surface area contributed by atoms with Crippen molar-refractivity contribution in [2.45, 2.75) is 17.9 Å². The number of sulfonamides is 1. The lowest BCUT2D eigenvalue weighted by molar-refractivity contribution is 0.129. The highest BCUT2D eigenvalue weighted by atomic mass is 32.2. The van der Waals surface area contributed by atoms with Crippen LogP contribution in [-0.2, 0) is 10.0 Å². The van der Waals surface area contributed by atoms with Crippen LogP contribution in [0.4, 0.5) is 0 Å². The van der Waals surface area contributed by atoms with Gasteiger partial charge in [0, 0.05) is 26.2 Å². The second-order valence-corrected chi connectivity index (χ2v) is 10.4. The molecule has 0 radical (unpaired) electrons. The minimum Gasteiger partial charge on any atom is -0.418 e. The summed E-state index contributed by atoms with van der Waals surface area (Å²) in [5, 5.41) is 12.3. The Balaban J connectivity index is 1.28. The summed E-state index contributed by atoms with van der Waals surface area (Å²) in [5.41, 5.74) is 0. The molecule has 7 nitrogen and oxygen atoms in total. The van der Waals surface area contributed by atoms with Gasteiger partial charge in [-0.15, -0.1) is 21.5 Å². The summed E-state index contributed by atoms with van der Waals surface area (Å²) in [6, 6.07) is 16.9. The summed E-state index contributed by atoms with van der Waals surface area (Å²) in [7, 11) is -3.54. The Morgan fingerprint density at radius 3 is 2.48 bits per heavy atom. The number of hydrogen-bond donors (Lipinski definition) is 0. The first-order chi connectivity index (χ1) is 15.0. The van der Waals surface area contributed by atoms with Crippen molar-refractivity contribution in [2.24, 2.45) is 0 Å². The fourth-order valence-corrected chi connectivity index (χ4v) is 5.97. The number of fused-ring (bicyclic) bond motifs is 1. The van der Waals surface area contributed by atoms with E-state index in [2.05, 4.69) is 15.1 Å². The van der Waals surface area contributed by atoms with Crippen LogP contribution in [0, 0.1) is 0 Å². The van der Waals surface area contributed by atoms with E-state index in [1.54, 1.807) is 27.8 Å². The summed E-state index contributed by atoms with van der Waals surface area (Å²) < 4.78 is 33.8. The third-order valence-corrected chi connectivity index (χ3v) is 8.46. The Morgan fingerprint density at radius 2 is 1.74 bits per heavy atom. The van der Waals surface area contributed by atoms with Crippen LogP contribution in [0.25, 0.3) is 21.5 Å². The molecule has 0 amide bonds. The highest BCUT2D eigenvalue weighted by Crippen LogP contribution is 2.28. The van der Waals surface area contributed by atoms with Crippen LogP contribution in [0.15, 0.2) is 69.3 Å². The molecule has 0 unspecified atom stereocenters. The zero-order valence-corrected chi connectivity index (χ0v) is 18.6. The summed E-state index contributed by atoms with van der Waals surface area (Å²) in [5.74, 6) is 1.07. The van der Waals surface area contributed by atoms with Crippen LogP contribution in [0.2, 0.25) is 0 Å². The molecule has 2 aromatic carbocycles. The predicted molar refractivity (Wildman–Crippen MR) is 120 cm³/mol. The lowest BCUT2D eigenvalue weighted by Gasteiger charge is -2.36. The molecular formula is C22H22N4O3S2. The second kappa shape index (κ2) is 8.16. The van der Waals surface area contributed by atoms with E-state index < -0.39 is 10.0 Å². The molecule has 0 spiro atoms. The maximum atomic E-state index is 13.2. The molecule has 1 aliphatic rings. The molecule has 3 heterocycles. The molecule has 1 atom stereocenters. The van der Waals surface area contributed by atoms with Crippen molar-refractivity contribution in [1.82, 2.24) is 19.4 Å². The van der Waals surface area contributed by atoms with Crippen LogP contribution in [0.5, 0.6) is 0 Å². The van der Waals surface area contributed by atoms with Crippen molar-refractivity contribution in [3.05, 3.63) is 65.9 Å². The van der Waals surface area contributed by atoms with E-state index in [0.717, 1.165) is 15.6 Å². The van der Waals surface area contributed by atoms with Crippen molar-refractivity contribution in [3.8, 4) is 10.8 Å². The van der Waals surface area contributed by atoms with E-state index in [0.29, 0.717) is 42.9 Å². The summed E-state index contributed by atoms with van der Waals surface area (Å²) in [6.45, 7) is 4.06. The number of hydrogen-bond acceptors (Lipinski definition) is 7. The van der Waals surface area contributed by atoms with E-state index in [-0.39, 0.29) is 6.04 Å². The van der Waals surface area contributed by atoms with E-state index in [9.17, 15) is 8.42 Å². The van der Waals surface area contributed by atoms with Crippen molar-refractivity contribution in [2.75, 3.05) is 26.2 Å². The molecule has 0 saturated carbocycles. The lowest BCUT2D eigenvalue weighted by atomic mass is 10.1. The predicted octanol–water partition coefficient (Wildman–Crippen LogP) is 4.02. The Morgan fingerprint density at radius 1 is 0.968 bits per heavy atom. The largest absolute Gasteiger partial charge is 0.418 e. The van der Waals surface area contributed by atoms with Gasteiger partial charge in [-0.25, -0.2) is 8.42 Å². The summed E-state index contributed by atoms with van der Waals surface area (Å²) in [6.07, 6.45) is 0. The average Bonchev–Trinajstić information content (AvgIpc) is 3.50. The van der Waals surface area contributed by atoms with E-state index in [1.165, 1.54) is 0 Å². The van der Waals surface area contributed by atoms with E-state index in [1.807, 2.05) is 54.8 Å². The molecule has 4 aromatic rings. The van der Waals surface area contributed by atoms with Gasteiger partial charge in [0.15, 0.2) is 0 Å². The van der Waals surface area contributed by atoms with Crippen molar-refractivity contribution >= 4 is 32.1 Å². The van der Waals surface area contributed by atoms with Gasteiger partial charge in [-0.2, -0.15) is 4.31 Å². The van der Waals surface area contributed by atoms with Gasteiger partial charge >= 0.3 is 0 Å². The minimum atomic E-state index is -3.54. The lowest BCUT2D eigenvalue weighted by Crippen LogP contribution is -2.49. The first kappa shape index (κ1) is 20.3. The molecule has 0 bridgehead atoms. The average molecular weight is 455 g/mol. The Hall–Kier alpha value is -2.59. The van der Waals surface area contributed by atoms with Crippen LogP contribution in [0.1, 0.15) is 18.9 Å². The zero-order valence-electron chi connectivity index (χ0n) is 17.0. The normalized spacial score (nSPS) is 17.2. The number of piperazine rings is 1. The van der Waals surface area contributed by atoms with Gasteiger partial charge in [-0.1, -0.05) is 36.4 Å². The number of nitrogens with zero attached hydrogens (tertiary/aromatic N) is 4. The van der Waals surface area contributed by atoms with E-state index >= 15 is 0 Å². The van der Waals surface area contributed by atoms with E-state index in [4.69, 9.17) is 4.42 Å². The molecule has 1 saturated heterocycles. The molecular weight excluding hydrogens is 432 g/mol. The summed E-state index contributed by atoms with van der Waals surface area (Å²) in [4.78, 5) is 3.46. The Kier molecular flexibility index (Phi) is 5.35. The molecule has 1 fully saturated rings. The SMILES string of the molecule is C[C@@H](c1nnc(-c2cccs2)o1)N1CCN(S(=O)(=O)c2ccc3ccccc3c2)CC1. The summed E-state index contributed by atoms with van der Waals surface area (Å²) >= 11 is 1.55. The number of benzene rings is 2. The van der Waals surface area contributed by atoms with Crippen molar-refractivity contribution in [1.29, 1.82) is 0 Å². The Labute approximate surface area is 185 Å². The van der Waals surface area contributed by atoms with Gasteiger partial charge in [0.1, 0.15) is 0 Å². The molecule has 0 aliphatic carbocycles. The molecule has 9 heteroatoms. The van der Waals surface area contributed by atoms with Gasteiger partial charge in [0.05, 0.1) is 15.8 Å². The van der Waals surface area contributed by atoms with Crippen molar-refractivity contribution in [3.63, 3.8) is 0 Å². The third kappa shape index (κ3) is 3.89. The van der Waals surface area contributed by atoms with Gasteiger partial charge in [-0.05, 0) is 41.3 Å². The number of aromatic nitrogens is 2. The van der Waals surface area contributed by atoms with Gasteiger partial charge in [-0.3, -0.25) is 4.90 Å². The molecule has 5 rings (SSSR count). The van der Waals surface area contributed by atoms with Crippen LogP contribution in [-0.4, -0.2) is 54.0 Å². The quantitative estimate of drug-likeness (QED) is 0.453. The smallest absolute Gasteiger partial charge is 0.257 e. The number of rotatable bonds is 5. The Bertz CT molecular complexity index is 1290. The highest BCUT2D eigenvalue weighted by Gasteiger charge is 2.32. The standard InChI is InChI=1S/C22H22N4O3S2/c1-16(21-23-24-22(29-21)20-7-4-14-30-20)25-10-12-26(13-11-25)31(27,28)19-9-8-17-5-2-3-6-18(17)15-19/h2-9,14-16H,10-13H2,1H3/t16-/m0/s1. The maximum Gasteiger partial charge on any atom is 0.257 e. The first-order valence-electron chi connectivity index (χ1n) is 10.1. The second-order valence-electron chi connectivity index (χ2n) is 7.55. The van der Waals surface area contributed by atoms with Crippen LogP contribution in [0.3, 0.4) is 0 Å². The van der Waals surface area contributed by atoms with Gasteiger partial charge in [0.25, 0.3) is 5.89 Å². The molecule has 31 heavy (non-hydrogen) atoms. The third-order valence-electron chi connectivity index (χ3n) is 5.71. The molecule has 2 aromatic heterocycles. The fourth-order valence-electron chi connectivity index (χ4n) is 3.87. The van der Waals surface area contributed by atoms with Crippen molar-refractivity contribution < 1.29 is 12.8 Å². The zero-order chi connectivity index (χ0) is 21.4. The van der Waals surface area contributed by atoms with Crippen LogP contribution >= 0.6 is 11.3 Å². The maximum absolute atomic E-state index is 13.2. The van der Waals surface area contributed by atoms with Gasteiger partial charge in [0.2, 0.25) is 15.9 Å². The molecule has 1 aliphatic heterocycles. The fraction of sp³-hybridized carbons (Fsp3) is 0.273. The molecule has 0 N–H and O–H groups in total. The number of thiophene rings is 1.